The SMILES string of the molecule is CCOc1ccc(Cc2ccn(C3CCNCC3)n2)cc1. The van der Waals surface area contributed by atoms with Crippen molar-refractivity contribution in [1.82, 2.24) is 15.1 Å². The van der Waals surface area contributed by atoms with Crippen LogP contribution in [0.1, 0.15) is 37.1 Å². The Balaban J connectivity index is 1.63. The second-order valence-electron chi connectivity index (χ2n) is 5.52. The summed E-state index contributed by atoms with van der Waals surface area (Å²) in [6, 6.07) is 11.0. The molecule has 4 heteroatoms. The minimum Gasteiger partial charge on any atom is -0.494 e. The molecule has 1 N–H and O–H groups in total. The molecule has 0 atom stereocenters. The third-order valence-electron chi connectivity index (χ3n) is 3.97. The van der Waals surface area contributed by atoms with Crippen molar-refractivity contribution in [3.8, 4) is 5.75 Å². The molecule has 1 aliphatic heterocycles. The zero-order valence-electron chi connectivity index (χ0n) is 12.6. The van der Waals surface area contributed by atoms with E-state index in [4.69, 9.17) is 9.84 Å². The molecule has 0 radical (unpaired) electrons. The maximum absolute atomic E-state index is 5.47. The summed E-state index contributed by atoms with van der Waals surface area (Å²) in [6.07, 6.45) is 5.35. The highest BCUT2D eigenvalue weighted by atomic mass is 16.5. The van der Waals surface area contributed by atoms with Crippen LogP contribution in [0.5, 0.6) is 5.75 Å². The number of benzene rings is 1. The molecule has 0 aliphatic carbocycles. The van der Waals surface area contributed by atoms with Crippen molar-refractivity contribution in [2.45, 2.75) is 32.2 Å². The maximum Gasteiger partial charge on any atom is 0.119 e. The van der Waals surface area contributed by atoms with Gasteiger partial charge in [-0.25, -0.2) is 0 Å². The molecular formula is C17H23N3O. The Bertz CT molecular complexity index is 556. The third-order valence-corrected chi connectivity index (χ3v) is 3.97. The lowest BCUT2D eigenvalue weighted by atomic mass is 10.1. The molecule has 0 saturated carbocycles. The van der Waals surface area contributed by atoms with E-state index in [1.54, 1.807) is 0 Å². The fourth-order valence-corrected chi connectivity index (χ4v) is 2.83. The molecule has 2 aromatic rings. The number of nitrogens with zero attached hydrogens (tertiary/aromatic N) is 2. The van der Waals surface area contributed by atoms with Crippen LogP contribution in [0.4, 0.5) is 0 Å². The van der Waals surface area contributed by atoms with Gasteiger partial charge in [-0.2, -0.15) is 5.10 Å². The highest BCUT2D eigenvalue weighted by Crippen LogP contribution is 2.19. The van der Waals surface area contributed by atoms with Crippen molar-refractivity contribution in [3.63, 3.8) is 0 Å². The fourth-order valence-electron chi connectivity index (χ4n) is 2.83. The molecule has 0 spiro atoms. The van der Waals surface area contributed by atoms with Gasteiger partial charge in [-0.1, -0.05) is 12.1 Å². The molecule has 4 nitrogen and oxygen atoms in total. The number of piperidine rings is 1. The van der Waals surface area contributed by atoms with Crippen molar-refractivity contribution in [2.24, 2.45) is 0 Å². The first-order valence-corrected chi connectivity index (χ1v) is 7.81. The van der Waals surface area contributed by atoms with Gasteiger partial charge in [0.05, 0.1) is 18.3 Å². The Kier molecular flexibility index (Phi) is 4.55. The summed E-state index contributed by atoms with van der Waals surface area (Å²) in [5.74, 6) is 0.932. The van der Waals surface area contributed by atoms with Gasteiger partial charge in [-0.15, -0.1) is 0 Å². The number of aromatic nitrogens is 2. The van der Waals surface area contributed by atoms with Crippen molar-refractivity contribution >= 4 is 0 Å². The van der Waals surface area contributed by atoms with Gasteiger partial charge in [0.25, 0.3) is 0 Å². The monoisotopic (exact) mass is 285 g/mol. The third kappa shape index (κ3) is 3.64. The van der Waals surface area contributed by atoms with Crippen LogP contribution in [0.2, 0.25) is 0 Å². The summed E-state index contributed by atoms with van der Waals surface area (Å²) >= 11 is 0. The van der Waals surface area contributed by atoms with E-state index in [1.807, 2.05) is 19.1 Å². The van der Waals surface area contributed by atoms with Gasteiger partial charge in [0.15, 0.2) is 0 Å². The number of hydrogen-bond acceptors (Lipinski definition) is 3. The summed E-state index contributed by atoms with van der Waals surface area (Å²) in [4.78, 5) is 0. The molecule has 1 aromatic carbocycles. The molecule has 112 valence electrons. The van der Waals surface area contributed by atoms with E-state index in [9.17, 15) is 0 Å². The molecule has 0 unspecified atom stereocenters. The van der Waals surface area contributed by atoms with Gasteiger partial charge in [0, 0.05) is 12.6 Å². The topological polar surface area (TPSA) is 39.1 Å². The van der Waals surface area contributed by atoms with Crippen LogP contribution < -0.4 is 10.1 Å². The second kappa shape index (κ2) is 6.76. The first kappa shape index (κ1) is 14.1. The summed E-state index contributed by atoms with van der Waals surface area (Å²) in [6.45, 7) is 4.90. The quantitative estimate of drug-likeness (QED) is 0.918. The smallest absolute Gasteiger partial charge is 0.119 e. The van der Waals surface area contributed by atoms with E-state index < -0.39 is 0 Å². The predicted octanol–water partition coefficient (Wildman–Crippen LogP) is 2.80. The van der Waals surface area contributed by atoms with Gasteiger partial charge in [-0.3, -0.25) is 4.68 Å². The molecule has 2 heterocycles. The minimum atomic E-state index is 0.556. The molecule has 0 amide bonds. The van der Waals surface area contributed by atoms with Crippen LogP contribution in [0.15, 0.2) is 36.5 Å². The summed E-state index contributed by atoms with van der Waals surface area (Å²) < 4.78 is 7.61. The van der Waals surface area contributed by atoms with Crippen molar-refractivity contribution in [3.05, 3.63) is 47.8 Å². The molecule has 1 aliphatic rings. The van der Waals surface area contributed by atoms with E-state index in [0.29, 0.717) is 12.6 Å². The molecule has 1 aromatic heterocycles. The van der Waals surface area contributed by atoms with Crippen molar-refractivity contribution in [1.29, 1.82) is 0 Å². The lowest BCUT2D eigenvalue weighted by Gasteiger charge is -2.22. The first-order valence-electron chi connectivity index (χ1n) is 7.81. The highest BCUT2D eigenvalue weighted by Gasteiger charge is 2.15. The van der Waals surface area contributed by atoms with E-state index in [-0.39, 0.29) is 0 Å². The van der Waals surface area contributed by atoms with Gasteiger partial charge in [0.2, 0.25) is 0 Å². The predicted molar refractivity (Wildman–Crippen MR) is 83.8 cm³/mol. The molecule has 1 saturated heterocycles. The Morgan fingerprint density at radius 2 is 1.95 bits per heavy atom. The largest absolute Gasteiger partial charge is 0.494 e. The Morgan fingerprint density at radius 1 is 1.19 bits per heavy atom. The van der Waals surface area contributed by atoms with E-state index in [0.717, 1.165) is 31.0 Å². The Morgan fingerprint density at radius 3 is 2.67 bits per heavy atom. The van der Waals surface area contributed by atoms with Crippen molar-refractivity contribution < 1.29 is 4.74 Å². The van der Waals surface area contributed by atoms with Crippen LogP contribution >= 0.6 is 0 Å². The average molecular weight is 285 g/mol. The van der Waals surface area contributed by atoms with Crippen LogP contribution in [0, 0.1) is 0 Å². The zero-order valence-corrected chi connectivity index (χ0v) is 12.6. The standard InChI is InChI=1S/C17H23N3O/c1-2-21-17-5-3-14(4-6-17)13-15-9-12-20(19-15)16-7-10-18-11-8-16/h3-6,9,12,16,18H,2,7-8,10-11,13H2,1H3. The van der Waals surface area contributed by atoms with Gasteiger partial charge < -0.3 is 10.1 Å². The summed E-state index contributed by atoms with van der Waals surface area (Å²) in [7, 11) is 0. The van der Waals surface area contributed by atoms with Gasteiger partial charge in [-0.05, 0) is 56.6 Å². The number of hydrogen-bond donors (Lipinski definition) is 1. The van der Waals surface area contributed by atoms with E-state index in [2.05, 4.69) is 34.4 Å². The average Bonchev–Trinajstić information content (AvgIpc) is 2.99. The Labute approximate surface area is 126 Å². The van der Waals surface area contributed by atoms with Crippen LogP contribution in [0.25, 0.3) is 0 Å². The van der Waals surface area contributed by atoms with Crippen LogP contribution in [0.3, 0.4) is 0 Å². The molecule has 21 heavy (non-hydrogen) atoms. The van der Waals surface area contributed by atoms with Crippen LogP contribution in [-0.2, 0) is 6.42 Å². The molecule has 0 bridgehead atoms. The minimum absolute atomic E-state index is 0.556. The number of rotatable bonds is 5. The van der Waals surface area contributed by atoms with Gasteiger partial charge in [0.1, 0.15) is 5.75 Å². The first-order chi connectivity index (χ1) is 10.3. The lowest BCUT2D eigenvalue weighted by Crippen LogP contribution is -2.29. The molecule has 3 rings (SSSR count). The lowest BCUT2D eigenvalue weighted by molar-refractivity contribution is 0.340. The van der Waals surface area contributed by atoms with E-state index >= 15 is 0 Å². The normalized spacial score (nSPS) is 16.0. The second-order valence-corrected chi connectivity index (χ2v) is 5.52. The number of ether oxygens (including phenoxy) is 1. The highest BCUT2D eigenvalue weighted by molar-refractivity contribution is 5.29. The Hall–Kier alpha value is -1.81. The summed E-state index contributed by atoms with van der Waals surface area (Å²) in [5, 5.41) is 8.14. The van der Waals surface area contributed by atoms with Crippen LogP contribution in [-0.4, -0.2) is 29.5 Å². The maximum atomic E-state index is 5.47. The number of nitrogens with one attached hydrogen (secondary N) is 1. The molecular weight excluding hydrogens is 262 g/mol. The summed E-state index contributed by atoms with van der Waals surface area (Å²) in [5.41, 5.74) is 2.41. The zero-order chi connectivity index (χ0) is 14.5. The van der Waals surface area contributed by atoms with E-state index in [1.165, 1.54) is 18.4 Å². The van der Waals surface area contributed by atoms with Gasteiger partial charge >= 0.3 is 0 Å². The fraction of sp³-hybridized carbons (Fsp3) is 0.471. The van der Waals surface area contributed by atoms with Crippen molar-refractivity contribution in [2.75, 3.05) is 19.7 Å². The molecule has 1 fully saturated rings.